The number of benzene rings is 2. The summed E-state index contributed by atoms with van der Waals surface area (Å²) in [4.78, 5) is 0. The number of fused-ring (bicyclic) bond motifs is 4. The van der Waals surface area contributed by atoms with Gasteiger partial charge in [0.15, 0.2) is 0 Å². The van der Waals surface area contributed by atoms with Crippen molar-refractivity contribution < 1.29 is 8.78 Å². The van der Waals surface area contributed by atoms with E-state index in [9.17, 15) is 8.78 Å². The van der Waals surface area contributed by atoms with E-state index in [1.165, 1.54) is 23.3 Å². The van der Waals surface area contributed by atoms with Crippen LogP contribution in [0.3, 0.4) is 0 Å². The van der Waals surface area contributed by atoms with Crippen molar-refractivity contribution >= 4 is 5.57 Å². The van der Waals surface area contributed by atoms with E-state index < -0.39 is 0 Å². The number of rotatable bonds is 0. The maximum absolute atomic E-state index is 13.2. The Hall–Kier alpha value is -1.96. The summed E-state index contributed by atoms with van der Waals surface area (Å²) >= 11 is 0. The predicted molar refractivity (Wildman–Crippen MR) is 66.2 cm³/mol. The largest absolute Gasteiger partial charge is 0.207 e. The second kappa shape index (κ2) is 3.29. The maximum Gasteiger partial charge on any atom is 0.123 e. The standard InChI is InChI=1S/C16H10F2/c17-12-1-3-14-9(7-12)5-11-6-10-8-13(18)2-4-15(10)16(11)14/h1-4,7-8H,5-6H2. The molecule has 0 bridgehead atoms. The molecule has 0 fully saturated rings. The van der Waals surface area contributed by atoms with Gasteiger partial charge in [-0.2, -0.15) is 0 Å². The molecule has 88 valence electrons. The van der Waals surface area contributed by atoms with E-state index in [0.717, 1.165) is 35.1 Å². The Morgan fingerprint density at radius 2 is 1.22 bits per heavy atom. The van der Waals surface area contributed by atoms with Crippen LogP contribution in [-0.4, -0.2) is 0 Å². The van der Waals surface area contributed by atoms with E-state index in [2.05, 4.69) is 0 Å². The lowest BCUT2D eigenvalue weighted by molar-refractivity contribution is 0.625. The summed E-state index contributed by atoms with van der Waals surface area (Å²) in [6.07, 6.45) is 1.58. The topological polar surface area (TPSA) is 0 Å². The lowest BCUT2D eigenvalue weighted by Gasteiger charge is -2.08. The molecule has 2 aliphatic carbocycles. The fourth-order valence-corrected chi connectivity index (χ4v) is 3.13. The minimum atomic E-state index is -0.186. The second-order valence-corrected chi connectivity index (χ2v) is 4.94. The molecular formula is C16H10F2. The van der Waals surface area contributed by atoms with Crippen LogP contribution in [0.15, 0.2) is 42.0 Å². The van der Waals surface area contributed by atoms with Crippen LogP contribution < -0.4 is 0 Å². The van der Waals surface area contributed by atoms with Gasteiger partial charge < -0.3 is 0 Å². The summed E-state index contributed by atoms with van der Waals surface area (Å²) in [5.41, 5.74) is 6.80. The van der Waals surface area contributed by atoms with E-state index >= 15 is 0 Å². The van der Waals surface area contributed by atoms with Crippen LogP contribution >= 0.6 is 0 Å². The molecule has 2 heteroatoms. The Labute approximate surface area is 104 Å². The molecule has 0 aromatic heterocycles. The molecule has 2 aliphatic rings. The van der Waals surface area contributed by atoms with E-state index in [4.69, 9.17) is 0 Å². The predicted octanol–water partition coefficient (Wildman–Crippen LogP) is 3.88. The molecule has 4 rings (SSSR count). The molecule has 0 saturated heterocycles. The Morgan fingerprint density at radius 1 is 0.722 bits per heavy atom. The molecule has 0 atom stereocenters. The Balaban J connectivity index is 1.92. The van der Waals surface area contributed by atoms with Crippen LogP contribution in [0.1, 0.15) is 22.3 Å². The van der Waals surface area contributed by atoms with Crippen molar-refractivity contribution in [3.63, 3.8) is 0 Å². The smallest absolute Gasteiger partial charge is 0.123 e. The monoisotopic (exact) mass is 240 g/mol. The van der Waals surface area contributed by atoms with Crippen LogP contribution in [0.4, 0.5) is 8.78 Å². The molecule has 0 aliphatic heterocycles. The van der Waals surface area contributed by atoms with Crippen molar-refractivity contribution in [2.75, 3.05) is 0 Å². The van der Waals surface area contributed by atoms with Gasteiger partial charge in [0.05, 0.1) is 0 Å². The van der Waals surface area contributed by atoms with Gasteiger partial charge in [-0.15, -0.1) is 0 Å². The minimum Gasteiger partial charge on any atom is -0.207 e. The first-order chi connectivity index (χ1) is 8.72. The summed E-state index contributed by atoms with van der Waals surface area (Å²) < 4.78 is 26.4. The molecule has 18 heavy (non-hydrogen) atoms. The van der Waals surface area contributed by atoms with E-state index in [1.54, 1.807) is 12.1 Å². The first kappa shape index (κ1) is 10.0. The van der Waals surface area contributed by atoms with E-state index in [-0.39, 0.29) is 11.6 Å². The van der Waals surface area contributed by atoms with Crippen molar-refractivity contribution in [1.82, 2.24) is 0 Å². The second-order valence-electron chi connectivity index (χ2n) is 4.94. The highest BCUT2D eigenvalue weighted by Gasteiger charge is 2.29. The molecule has 0 N–H and O–H groups in total. The lowest BCUT2D eigenvalue weighted by atomic mass is 9.97. The fraction of sp³-hybridized carbons (Fsp3) is 0.125. The van der Waals surface area contributed by atoms with Crippen molar-refractivity contribution in [3.8, 4) is 0 Å². The van der Waals surface area contributed by atoms with Crippen LogP contribution in [0, 0.1) is 11.6 Å². The van der Waals surface area contributed by atoms with Crippen molar-refractivity contribution in [1.29, 1.82) is 0 Å². The molecule has 0 nitrogen and oxygen atoms in total. The van der Waals surface area contributed by atoms with Gasteiger partial charge in [-0.1, -0.05) is 17.7 Å². The van der Waals surface area contributed by atoms with Crippen LogP contribution in [0.25, 0.3) is 5.57 Å². The zero-order chi connectivity index (χ0) is 12.3. The van der Waals surface area contributed by atoms with Gasteiger partial charge in [-0.25, -0.2) is 8.78 Å². The zero-order valence-corrected chi connectivity index (χ0v) is 9.63. The van der Waals surface area contributed by atoms with Crippen LogP contribution in [0.5, 0.6) is 0 Å². The lowest BCUT2D eigenvalue weighted by Crippen LogP contribution is -1.94. The SMILES string of the molecule is Fc1ccc2c(c1)CC1=C2c2ccc(F)cc2C1. The molecule has 0 unspecified atom stereocenters. The highest BCUT2D eigenvalue weighted by atomic mass is 19.1. The molecular weight excluding hydrogens is 230 g/mol. The number of hydrogen-bond acceptors (Lipinski definition) is 0. The molecule has 0 amide bonds. The minimum absolute atomic E-state index is 0.186. The maximum atomic E-state index is 13.2. The summed E-state index contributed by atoms with van der Waals surface area (Å²) in [5.74, 6) is -0.372. The third-order valence-corrected chi connectivity index (χ3v) is 3.83. The van der Waals surface area contributed by atoms with Gasteiger partial charge in [-0.05, 0) is 64.9 Å². The van der Waals surface area contributed by atoms with Gasteiger partial charge in [-0.3, -0.25) is 0 Å². The Bertz CT molecular complexity index is 652. The molecule has 0 spiro atoms. The molecule has 0 radical (unpaired) electrons. The Morgan fingerprint density at radius 3 is 1.72 bits per heavy atom. The highest BCUT2D eigenvalue weighted by molar-refractivity contribution is 5.91. The molecule has 2 aromatic carbocycles. The average Bonchev–Trinajstić information content (AvgIpc) is 2.82. The number of hydrogen-bond donors (Lipinski definition) is 0. The molecule has 0 saturated carbocycles. The number of halogens is 2. The fourth-order valence-electron chi connectivity index (χ4n) is 3.13. The van der Waals surface area contributed by atoms with Gasteiger partial charge >= 0.3 is 0 Å². The third kappa shape index (κ3) is 1.23. The highest BCUT2D eigenvalue weighted by Crippen LogP contribution is 2.45. The van der Waals surface area contributed by atoms with Crippen LogP contribution in [-0.2, 0) is 12.8 Å². The molecule has 0 heterocycles. The van der Waals surface area contributed by atoms with E-state index in [1.807, 2.05) is 12.1 Å². The summed E-state index contributed by atoms with van der Waals surface area (Å²) in [6.45, 7) is 0. The van der Waals surface area contributed by atoms with Crippen molar-refractivity contribution in [2.24, 2.45) is 0 Å². The van der Waals surface area contributed by atoms with Gasteiger partial charge in [0.1, 0.15) is 11.6 Å². The van der Waals surface area contributed by atoms with Crippen LogP contribution in [0.2, 0.25) is 0 Å². The van der Waals surface area contributed by atoms with Crippen molar-refractivity contribution in [3.05, 3.63) is 75.9 Å². The summed E-state index contributed by atoms with van der Waals surface area (Å²) in [6, 6.07) is 9.89. The summed E-state index contributed by atoms with van der Waals surface area (Å²) in [7, 11) is 0. The molecule has 2 aromatic rings. The quantitative estimate of drug-likeness (QED) is 0.655. The van der Waals surface area contributed by atoms with Gasteiger partial charge in [0.25, 0.3) is 0 Å². The third-order valence-electron chi connectivity index (χ3n) is 3.83. The zero-order valence-electron chi connectivity index (χ0n) is 9.63. The first-order valence-electron chi connectivity index (χ1n) is 6.02. The van der Waals surface area contributed by atoms with E-state index in [0.29, 0.717) is 0 Å². The van der Waals surface area contributed by atoms with Crippen molar-refractivity contribution in [2.45, 2.75) is 12.8 Å². The summed E-state index contributed by atoms with van der Waals surface area (Å²) in [5, 5.41) is 0. The Kier molecular flexibility index (Phi) is 1.83. The first-order valence-corrected chi connectivity index (χ1v) is 6.02. The number of allylic oxidation sites excluding steroid dienone is 1. The average molecular weight is 240 g/mol. The van der Waals surface area contributed by atoms with Gasteiger partial charge in [0, 0.05) is 0 Å². The normalized spacial score (nSPS) is 15.7. The van der Waals surface area contributed by atoms with Gasteiger partial charge in [0.2, 0.25) is 0 Å².